The summed E-state index contributed by atoms with van der Waals surface area (Å²) >= 11 is 4.45. The zero-order valence-corrected chi connectivity index (χ0v) is 15.5. The van der Waals surface area contributed by atoms with E-state index >= 15 is 0 Å². The van der Waals surface area contributed by atoms with Gasteiger partial charge in [0.1, 0.15) is 11.7 Å². The molecular weight excluding hydrogens is 344 g/mol. The van der Waals surface area contributed by atoms with Crippen LogP contribution in [-0.2, 0) is 10.3 Å². The zero-order valence-electron chi connectivity index (χ0n) is 14.6. The molecule has 0 atom stereocenters. The van der Waals surface area contributed by atoms with Gasteiger partial charge in [0.15, 0.2) is 0 Å². The number of thiol groups is 1. The Kier molecular flexibility index (Phi) is 4.16. The molecule has 4 nitrogen and oxygen atoms in total. The van der Waals surface area contributed by atoms with Crippen LogP contribution in [0.1, 0.15) is 48.8 Å². The van der Waals surface area contributed by atoms with Crippen molar-refractivity contribution >= 4 is 24.4 Å². The predicted molar refractivity (Wildman–Crippen MR) is 103 cm³/mol. The third kappa shape index (κ3) is 2.75. The van der Waals surface area contributed by atoms with Crippen molar-refractivity contribution in [2.45, 2.75) is 49.5 Å². The second kappa shape index (κ2) is 6.37. The van der Waals surface area contributed by atoms with Crippen LogP contribution in [0.15, 0.2) is 35.2 Å². The van der Waals surface area contributed by atoms with Gasteiger partial charge in [0.05, 0.1) is 11.3 Å². The molecular formula is C21H20N2O2S. The zero-order chi connectivity index (χ0) is 18.3. The molecule has 1 amide bonds. The number of ether oxygens (including phenoxy) is 1. The first-order valence-electron chi connectivity index (χ1n) is 8.91. The minimum atomic E-state index is -0.518. The first kappa shape index (κ1) is 17.0. The summed E-state index contributed by atoms with van der Waals surface area (Å²) < 4.78 is 5.81. The average molecular weight is 364 g/mol. The number of anilines is 1. The molecule has 26 heavy (non-hydrogen) atoms. The van der Waals surface area contributed by atoms with Gasteiger partial charge in [-0.05, 0) is 73.6 Å². The summed E-state index contributed by atoms with van der Waals surface area (Å²) in [5.41, 5.74) is 5.06. The number of fused-ring (bicyclic) bond motifs is 2. The van der Waals surface area contributed by atoms with Crippen molar-refractivity contribution in [3.8, 4) is 17.2 Å². The number of benzene rings is 2. The largest absolute Gasteiger partial charge is 0.438 e. The van der Waals surface area contributed by atoms with Crippen molar-refractivity contribution in [2.75, 3.05) is 5.32 Å². The van der Waals surface area contributed by atoms with Gasteiger partial charge in [0, 0.05) is 10.5 Å². The first-order valence-corrected chi connectivity index (χ1v) is 9.36. The second-order valence-electron chi connectivity index (χ2n) is 7.13. The highest BCUT2D eigenvalue weighted by molar-refractivity contribution is 7.80. The van der Waals surface area contributed by atoms with Crippen LogP contribution >= 0.6 is 12.6 Å². The van der Waals surface area contributed by atoms with Crippen LogP contribution in [0.25, 0.3) is 11.1 Å². The smallest absolute Gasteiger partial charge is 0.412 e. The number of carbonyl (C=O) groups excluding carboxylic acids is 1. The van der Waals surface area contributed by atoms with Crippen LogP contribution in [0.3, 0.4) is 0 Å². The minimum absolute atomic E-state index is 0.362. The van der Waals surface area contributed by atoms with E-state index in [0.717, 1.165) is 53.6 Å². The van der Waals surface area contributed by atoms with E-state index in [1.807, 2.05) is 31.2 Å². The molecule has 0 aromatic heterocycles. The number of nitriles is 1. The van der Waals surface area contributed by atoms with Crippen molar-refractivity contribution in [3.63, 3.8) is 0 Å². The van der Waals surface area contributed by atoms with Gasteiger partial charge in [-0.1, -0.05) is 12.5 Å². The van der Waals surface area contributed by atoms with Crippen LogP contribution in [-0.4, -0.2) is 6.09 Å². The highest BCUT2D eigenvalue weighted by atomic mass is 32.1. The van der Waals surface area contributed by atoms with E-state index in [4.69, 9.17) is 4.74 Å². The maximum absolute atomic E-state index is 12.0. The standard InChI is InChI=1S/C21H20N2O2S/c1-13-9-15(12-22)19(26)11-16(13)14-5-6-18-17(10-14)21(25-20(24)23-18)7-3-2-4-8-21/h5-6,9-11,26H,2-4,7-8H2,1H3,(H,23,24). The summed E-state index contributed by atoms with van der Waals surface area (Å²) in [4.78, 5) is 12.7. The molecule has 1 N–H and O–H groups in total. The van der Waals surface area contributed by atoms with Gasteiger partial charge in [-0.2, -0.15) is 5.26 Å². The number of carbonyl (C=O) groups is 1. The number of hydrogen-bond donors (Lipinski definition) is 2. The molecule has 0 saturated heterocycles. The molecule has 1 fully saturated rings. The molecule has 0 radical (unpaired) electrons. The number of hydrogen-bond acceptors (Lipinski definition) is 4. The number of nitrogens with zero attached hydrogens (tertiary/aromatic N) is 1. The van der Waals surface area contributed by atoms with Crippen molar-refractivity contribution in [1.29, 1.82) is 5.26 Å². The van der Waals surface area contributed by atoms with Crippen LogP contribution in [0, 0.1) is 18.3 Å². The molecule has 1 aliphatic carbocycles. The first-order chi connectivity index (χ1) is 12.5. The van der Waals surface area contributed by atoms with Gasteiger partial charge in [-0.3, -0.25) is 5.32 Å². The van der Waals surface area contributed by atoms with Gasteiger partial charge in [-0.25, -0.2) is 4.79 Å². The van der Waals surface area contributed by atoms with Crippen LogP contribution < -0.4 is 5.32 Å². The molecule has 2 aromatic carbocycles. The Labute approximate surface area is 158 Å². The quantitative estimate of drug-likeness (QED) is 0.653. The molecule has 0 unspecified atom stereocenters. The van der Waals surface area contributed by atoms with E-state index in [-0.39, 0.29) is 6.09 Å². The number of nitrogens with one attached hydrogen (secondary N) is 1. The molecule has 1 saturated carbocycles. The fraction of sp³-hybridized carbons (Fsp3) is 0.333. The molecule has 2 aliphatic rings. The maximum Gasteiger partial charge on any atom is 0.412 e. The van der Waals surface area contributed by atoms with Gasteiger partial charge in [0.2, 0.25) is 0 Å². The lowest BCUT2D eigenvalue weighted by Gasteiger charge is -2.41. The Hall–Kier alpha value is -2.45. The van der Waals surface area contributed by atoms with Crippen molar-refractivity contribution in [3.05, 3.63) is 47.0 Å². The lowest BCUT2D eigenvalue weighted by Crippen LogP contribution is -2.41. The molecule has 1 spiro atoms. The third-order valence-electron chi connectivity index (χ3n) is 5.47. The molecule has 4 rings (SSSR count). The topological polar surface area (TPSA) is 62.1 Å². The summed E-state index contributed by atoms with van der Waals surface area (Å²) in [6.07, 6.45) is 4.67. The minimum Gasteiger partial charge on any atom is -0.438 e. The predicted octanol–water partition coefficient (Wildman–Crippen LogP) is 5.54. The van der Waals surface area contributed by atoms with Crippen molar-refractivity contribution in [2.24, 2.45) is 0 Å². The van der Waals surface area contributed by atoms with E-state index in [1.54, 1.807) is 0 Å². The van der Waals surface area contributed by atoms with Crippen LogP contribution in [0.4, 0.5) is 10.5 Å². The Morgan fingerprint density at radius 1 is 1.19 bits per heavy atom. The third-order valence-corrected chi connectivity index (χ3v) is 5.84. The Morgan fingerprint density at radius 2 is 1.96 bits per heavy atom. The van der Waals surface area contributed by atoms with E-state index in [0.29, 0.717) is 10.5 Å². The second-order valence-corrected chi connectivity index (χ2v) is 7.61. The van der Waals surface area contributed by atoms with Gasteiger partial charge in [0.25, 0.3) is 0 Å². The molecule has 5 heteroatoms. The Bertz CT molecular complexity index is 940. The van der Waals surface area contributed by atoms with Gasteiger partial charge < -0.3 is 4.74 Å². The van der Waals surface area contributed by atoms with Crippen LogP contribution in [0.5, 0.6) is 0 Å². The Morgan fingerprint density at radius 3 is 2.69 bits per heavy atom. The molecule has 2 aromatic rings. The number of aryl methyl sites for hydroxylation is 1. The monoisotopic (exact) mass is 364 g/mol. The highest BCUT2D eigenvalue weighted by Crippen LogP contribution is 2.47. The summed E-state index contributed by atoms with van der Waals surface area (Å²) in [6.45, 7) is 2.00. The summed E-state index contributed by atoms with van der Waals surface area (Å²) in [7, 11) is 0. The van der Waals surface area contributed by atoms with Gasteiger partial charge in [-0.15, -0.1) is 12.6 Å². The Balaban J connectivity index is 1.85. The summed E-state index contributed by atoms with van der Waals surface area (Å²) in [6, 6.07) is 12.1. The fourth-order valence-corrected chi connectivity index (χ4v) is 4.40. The average Bonchev–Trinajstić information content (AvgIpc) is 2.64. The molecule has 132 valence electrons. The SMILES string of the molecule is Cc1cc(C#N)c(S)cc1-c1ccc2c(c1)C1(CCCCC1)OC(=O)N2. The van der Waals surface area contributed by atoms with Crippen molar-refractivity contribution in [1.82, 2.24) is 0 Å². The maximum atomic E-state index is 12.0. The van der Waals surface area contributed by atoms with E-state index in [9.17, 15) is 10.1 Å². The van der Waals surface area contributed by atoms with Crippen LogP contribution in [0.2, 0.25) is 0 Å². The normalized spacial score (nSPS) is 17.8. The van der Waals surface area contributed by atoms with E-state index < -0.39 is 5.60 Å². The van der Waals surface area contributed by atoms with E-state index in [1.165, 1.54) is 6.42 Å². The fourth-order valence-electron chi connectivity index (χ4n) is 4.16. The van der Waals surface area contributed by atoms with Gasteiger partial charge >= 0.3 is 6.09 Å². The lowest BCUT2D eigenvalue weighted by molar-refractivity contribution is -0.0179. The van der Waals surface area contributed by atoms with E-state index in [2.05, 4.69) is 30.1 Å². The summed E-state index contributed by atoms with van der Waals surface area (Å²) in [5.74, 6) is 0. The lowest BCUT2D eigenvalue weighted by atomic mass is 9.77. The molecule has 1 aliphatic heterocycles. The molecule has 0 bridgehead atoms. The van der Waals surface area contributed by atoms with Crippen molar-refractivity contribution < 1.29 is 9.53 Å². The number of amides is 1. The number of rotatable bonds is 1. The molecule has 1 heterocycles. The summed E-state index contributed by atoms with van der Waals surface area (Å²) in [5, 5.41) is 12.0. The highest BCUT2D eigenvalue weighted by Gasteiger charge is 2.42.